The zero-order valence-corrected chi connectivity index (χ0v) is 12.4. The molecule has 1 aromatic heterocycles. The first-order valence-electron chi connectivity index (χ1n) is 6.08. The van der Waals surface area contributed by atoms with Gasteiger partial charge in [0.15, 0.2) is 5.75 Å². The second-order valence-corrected chi connectivity index (χ2v) is 5.30. The molecular weight excluding hydrogens is 307 g/mol. The van der Waals surface area contributed by atoms with E-state index in [1.807, 2.05) is 13.8 Å². The molecule has 0 radical (unpaired) electrons. The second-order valence-electron chi connectivity index (χ2n) is 3.76. The smallest absolute Gasteiger partial charge is 0.375 e. The van der Waals surface area contributed by atoms with Crippen molar-refractivity contribution in [3.63, 3.8) is 0 Å². The van der Waals surface area contributed by atoms with Crippen molar-refractivity contribution in [2.45, 2.75) is 26.3 Å². The molecule has 4 nitrogen and oxygen atoms in total. The molecular formula is C13H14F3NO3S. The Bertz CT molecular complexity index is 727. The van der Waals surface area contributed by atoms with Crippen LogP contribution in [-0.2, 0) is 10.1 Å². The minimum atomic E-state index is -5.68. The molecule has 0 atom stereocenters. The predicted molar refractivity (Wildman–Crippen MR) is 73.4 cm³/mol. The van der Waals surface area contributed by atoms with Gasteiger partial charge in [0.1, 0.15) is 0 Å². The van der Waals surface area contributed by atoms with Crippen molar-refractivity contribution in [1.29, 1.82) is 0 Å². The van der Waals surface area contributed by atoms with Crippen molar-refractivity contribution in [3.05, 3.63) is 36.0 Å². The van der Waals surface area contributed by atoms with E-state index in [2.05, 4.69) is 9.17 Å². The maximum atomic E-state index is 12.3. The van der Waals surface area contributed by atoms with Gasteiger partial charge in [-0.05, 0) is 31.2 Å². The van der Waals surface area contributed by atoms with Gasteiger partial charge < -0.3 is 4.18 Å². The monoisotopic (exact) mass is 321 g/mol. The quantitative estimate of drug-likeness (QED) is 0.623. The average Bonchev–Trinajstić information content (AvgIpc) is 2.39. The van der Waals surface area contributed by atoms with Gasteiger partial charge in [-0.3, -0.25) is 4.98 Å². The summed E-state index contributed by atoms with van der Waals surface area (Å²) in [5.74, 6) is -0.401. The highest BCUT2D eigenvalue weighted by Gasteiger charge is 2.48. The van der Waals surface area contributed by atoms with Gasteiger partial charge in [-0.15, -0.1) is 0 Å². The minimum absolute atomic E-state index is 0.195. The Morgan fingerprint density at radius 2 is 1.71 bits per heavy atom. The molecule has 2 aromatic rings. The molecule has 116 valence electrons. The number of aryl methyl sites for hydroxylation is 1. The zero-order valence-electron chi connectivity index (χ0n) is 11.6. The van der Waals surface area contributed by atoms with Crippen LogP contribution in [0.1, 0.15) is 19.5 Å². The molecule has 0 fully saturated rings. The van der Waals surface area contributed by atoms with Crippen LogP contribution in [0.3, 0.4) is 0 Å². The summed E-state index contributed by atoms with van der Waals surface area (Å²) in [6, 6.07) is 7.07. The third-order valence-corrected chi connectivity index (χ3v) is 3.28. The number of alkyl halides is 3. The third-order valence-electron chi connectivity index (χ3n) is 2.31. The summed E-state index contributed by atoms with van der Waals surface area (Å²) in [4.78, 5) is 4.07. The maximum absolute atomic E-state index is 12.3. The Morgan fingerprint density at radius 1 is 1.10 bits per heavy atom. The van der Waals surface area contributed by atoms with Gasteiger partial charge in [-0.25, -0.2) is 0 Å². The van der Waals surface area contributed by atoms with E-state index in [1.165, 1.54) is 12.1 Å². The molecule has 1 aromatic carbocycles. The van der Waals surface area contributed by atoms with Crippen LogP contribution in [-0.4, -0.2) is 18.9 Å². The summed E-state index contributed by atoms with van der Waals surface area (Å²) in [5.41, 5.74) is -4.45. The molecule has 0 bridgehead atoms. The number of fused-ring (bicyclic) bond motifs is 1. The number of hydrogen-bond donors (Lipinski definition) is 0. The molecule has 0 saturated heterocycles. The Morgan fingerprint density at radius 3 is 2.29 bits per heavy atom. The number of pyridine rings is 1. The first-order chi connectivity index (χ1) is 9.71. The van der Waals surface area contributed by atoms with E-state index in [0.717, 1.165) is 6.07 Å². The molecule has 0 N–H and O–H groups in total. The van der Waals surface area contributed by atoms with Crippen molar-refractivity contribution < 1.29 is 25.8 Å². The van der Waals surface area contributed by atoms with E-state index in [4.69, 9.17) is 0 Å². The second kappa shape index (κ2) is 6.30. The number of aromatic nitrogens is 1. The molecule has 0 aliphatic heterocycles. The van der Waals surface area contributed by atoms with Crippen molar-refractivity contribution in [2.24, 2.45) is 0 Å². The molecule has 0 aliphatic carbocycles. The standard InChI is InChI=1S/C11H8F3NO3S.C2H6/c1-7-5-6-8-9(15-7)3-2-4-10(8)18-19(16,17)11(12,13)14;1-2/h2-6H,1H3;1-2H3. The van der Waals surface area contributed by atoms with E-state index >= 15 is 0 Å². The lowest BCUT2D eigenvalue weighted by atomic mass is 10.2. The van der Waals surface area contributed by atoms with Gasteiger partial charge in [-0.2, -0.15) is 21.6 Å². The Hall–Kier alpha value is -1.83. The maximum Gasteiger partial charge on any atom is 0.534 e. The highest BCUT2D eigenvalue weighted by Crippen LogP contribution is 2.31. The number of nitrogens with zero attached hydrogens (tertiary/aromatic N) is 1. The molecule has 2 rings (SSSR count). The average molecular weight is 321 g/mol. The van der Waals surface area contributed by atoms with Crippen molar-refractivity contribution >= 4 is 21.0 Å². The number of halogens is 3. The molecule has 0 amide bonds. The van der Waals surface area contributed by atoms with Crippen LogP contribution >= 0.6 is 0 Å². The van der Waals surface area contributed by atoms with Crippen LogP contribution in [0.5, 0.6) is 5.75 Å². The van der Waals surface area contributed by atoms with Crippen LogP contribution in [0.2, 0.25) is 0 Å². The SMILES string of the molecule is CC.Cc1ccc2c(OS(=O)(=O)C(F)(F)F)cccc2n1. The van der Waals surface area contributed by atoms with E-state index in [0.29, 0.717) is 11.2 Å². The van der Waals surface area contributed by atoms with Gasteiger partial charge in [0.25, 0.3) is 0 Å². The van der Waals surface area contributed by atoms with Crippen molar-refractivity contribution in [2.75, 3.05) is 0 Å². The van der Waals surface area contributed by atoms with Crippen LogP contribution in [0.4, 0.5) is 13.2 Å². The Kier molecular flexibility index (Phi) is 5.16. The lowest BCUT2D eigenvalue weighted by Gasteiger charge is -2.11. The normalized spacial score (nSPS) is 11.7. The van der Waals surface area contributed by atoms with Crippen LogP contribution in [0.25, 0.3) is 10.9 Å². The van der Waals surface area contributed by atoms with Gasteiger partial charge in [0.05, 0.1) is 5.52 Å². The first-order valence-corrected chi connectivity index (χ1v) is 7.49. The fourth-order valence-corrected chi connectivity index (χ4v) is 1.94. The van der Waals surface area contributed by atoms with Crippen molar-refractivity contribution in [3.8, 4) is 5.75 Å². The van der Waals surface area contributed by atoms with Gasteiger partial charge in [-0.1, -0.05) is 19.9 Å². The van der Waals surface area contributed by atoms with Crippen LogP contribution in [0.15, 0.2) is 30.3 Å². The van der Waals surface area contributed by atoms with E-state index in [-0.39, 0.29) is 5.39 Å². The van der Waals surface area contributed by atoms with Crippen LogP contribution < -0.4 is 4.18 Å². The van der Waals surface area contributed by atoms with E-state index < -0.39 is 21.4 Å². The molecule has 0 aliphatic rings. The number of hydrogen-bond acceptors (Lipinski definition) is 4. The first kappa shape index (κ1) is 17.2. The third kappa shape index (κ3) is 3.84. The minimum Gasteiger partial charge on any atom is -0.375 e. The predicted octanol–water partition coefficient (Wildman–Crippen LogP) is 3.80. The number of benzene rings is 1. The summed E-state index contributed by atoms with van der Waals surface area (Å²) >= 11 is 0. The summed E-state index contributed by atoms with van der Waals surface area (Å²) in [5, 5.41) is 0.195. The molecule has 0 spiro atoms. The van der Waals surface area contributed by atoms with Crippen molar-refractivity contribution in [1.82, 2.24) is 4.98 Å². The largest absolute Gasteiger partial charge is 0.534 e. The highest BCUT2D eigenvalue weighted by atomic mass is 32.2. The summed E-state index contributed by atoms with van der Waals surface area (Å²) < 4.78 is 62.8. The molecule has 1 heterocycles. The lowest BCUT2D eigenvalue weighted by molar-refractivity contribution is -0.0499. The Balaban J connectivity index is 0.00000106. The zero-order chi connectivity index (χ0) is 16.3. The number of rotatable bonds is 2. The fourth-order valence-electron chi connectivity index (χ4n) is 1.47. The van der Waals surface area contributed by atoms with E-state index in [9.17, 15) is 21.6 Å². The summed E-state index contributed by atoms with van der Waals surface area (Å²) in [7, 11) is -5.68. The molecule has 0 unspecified atom stereocenters. The highest BCUT2D eigenvalue weighted by molar-refractivity contribution is 7.88. The molecule has 8 heteroatoms. The molecule has 21 heavy (non-hydrogen) atoms. The summed E-state index contributed by atoms with van der Waals surface area (Å²) in [6.07, 6.45) is 0. The van der Waals surface area contributed by atoms with Gasteiger partial charge in [0, 0.05) is 11.1 Å². The van der Waals surface area contributed by atoms with Crippen LogP contribution in [0, 0.1) is 6.92 Å². The van der Waals surface area contributed by atoms with Gasteiger partial charge in [0.2, 0.25) is 0 Å². The Labute approximate surface area is 120 Å². The summed E-state index contributed by atoms with van der Waals surface area (Å²) in [6.45, 7) is 5.71. The fraction of sp³-hybridized carbons (Fsp3) is 0.308. The topological polar surface area (TPSA) is 56.3 Å². The lowest BCUT2D eigenvalue weighted by Crippen LogP contribution is -2.28. The molecule has 0 saturated carbocycles. The van der Waals surface area contributed by atoms with Gasteiger partial charge >= 0.3 is 15.6 Å². The van der Waals surface area contributed by atoms with E-state index in [1.54, 1.807) is 19.1 Å².